The van der Waals surface area contributed by atoms with Crippen molar-refractivity contribution in [1.82, 2.24) is 19.8 Å². The standard InChI is InChI=1S/C33H36F2N6O2/c1-20-10-11-22-7-5-9-25(28(20)22)26-12-13-27-30(29(26)35)37-33(43-19-23-8-6-14-39(23)4)38-31(27)40-15-16-41(32(42)21(2)34)24(18-40)17-36-3/h5,7,9,12-13,20,23-24H,2,6,8,10-11,14-19H2,1,4H3/t20?,23-,24-/m0/s1. The zero-order chi connectivity index (χ0) is 30.2. The smallest absolute Gasteiger partial charge is 0.319 e. The Balaban J connectivity index is 1.42. The van der Waals surface area contributed by atoms with Crippen LogP contribution in [0.4, 0.5) is 14.6 Å². The van der Waals surface area contributed by atoms with Crippen LogP contribution >= 0.6 is 0 Å². The molecule has 0 spiro atoms. The normalized spacial score (nSPS) is 22.1. The van der Waals surface area contributed by atoms with Crippen LogP contribution in [0.1, 0.15) is 43.2 Å². The fourth-order valence-corrected chi connectivity index (χ4v) is 6.90. The number of aromatic nitrogens is 2. The number of carbonyl (C=O) groups is 1. The number of halogens is 2. The van der Waals surface area contributed by atoms with Crippen LogP contribution in [0.25, 0.3) is 26.9 Å². The average molecular weight is 587 g/mol. The van der Waals surface area contributed by atoms with Gasteiger partial charge >= 0.3 is 6.01 Å². The number of piperazine rings is 1. The third-order valence-electron chi connectivity index (χ3n) is 9.25. The van der Waals surface area contributed by atoms with Gasteiger partial charge in [-0.25, -0.2) is 15.4 Å². The average Bonchev–Trinajstić information content (AvgIpc) is 3.60. The molecule has 2 aromatic carbocycles. The highest BCUT2D eigenvalue weighted by Crippen LogP contribution is 2.42. The van der Waals surface area contributed by atoms with E-state index in [1.807, 2.05) is 23.1 Å². The van der Waals surface area contributed by atoms with Crippen molar-refractivity contribution < 1.29 is 18.3 Å². The van der Waals surface area contributed by atoms with Crippen molar-refractivity contribution in [2.24, 2.45) is 0 Å². The number of hydrogen-bond donors (Lipinski definition) is 0. The summed E-state index contributed by atoms with van der Waals surface area (Å²) in [6.45, 7) is 14.8. The zero-order valence-corrected chi connectivity index (χ0v) is 24.7. The summed E-state index contributed by atoms with van der Waals surface area (Å²) in [4.78, 5) is 30.8. The van der Waals surface area contributed by atoms with Crippen molar-refractivity contribution in [3.8, 4) is 17.1 Å². The molecule has 1 aliphatic carbocycles. The second-order valence-corrected chi connectivity index (χ2v) is 11.9. The number of ether oxygens (including phenoxy) is 1. The van der Waals surface area contributed by atoms with Crippen LogP contribution in [-0.2, 0) is 11.2 Å². The van der Waals surface area contributed by atoms with Crippen LogP contribution in [0.15, 0.2) is 42.7 Å². The van der Waals surface area contributed by atoms with Crippen molar-refractivity contribution in [2.75, 3.05) is 51.3 Å². The van der Waals surface area contributed by atoms with Crippen LogP contribution in [0, 0.1) is 12.4 Å². The highest BCUT2D eigenvalue weighted by molar-refractivity contribution is 5.94. The molecular formula is C33H36F2N6O2. The summed E-state index contributed by atoms with van der Waals surface area (Å²) in [6, 6.07) is 9.45. The molecule has 0 bridgehead atoms. The van der Waals surface area contributed by atoms with Gasteiger partial charge in [-0.1, -0.05) is 37.8 Å². The SMILES string of the molecule is [C-]#[N+]C[C@H]1CN(c2nc(OC[C@@H]3CCCN3C)nc3c(F)c(-c4cccc5c4C(C)CC5)ccc23)CCN1C(=O)C(=C)F. The number of hydrogen-bond acceptors (Lipinski definition) is 6. The largest absolute Gasteiger partial charge is 0.462 e. The van der Waals surface area contributed by atoms with Crippen molar-refractivity contribution in [3.63, 3.8) is 0 Å². The number of anilines is 1. The number of benzene rings is 2. The van der Waals surface area contributed by atoms with E-state index in [1.54, 1.807) is 6.07 Å². The van der Waals surface area contributed by atoms with E-state index in [0.29, 0.717) is 35.8 Å². The third kappa shape index (κ3) is 5.42. The lowest BCUT2D eigenvalue weighted by molar-refractivity contribution is -0.131. The number of rotatable bonds is 7. The Labute approximate surface area is 250 Å². The molecule has 3 aromatic rings. The molecule has 3 aliphatic rings. The molecule has 3 atom stereocenters. The van der Waals surface area contributed by atoms with Gasteiger partial charge in [-0.05, 0) is 68.0 Å². The summed E-state index contributed by atoms with van der Waals surface area (Å²) in [5.41, 5.74) is 3.98. The van der Waals surface area contributed by atoms with Gasteiger partial charge in [0.05, 0.1) is 0 Å². The highest BCUT2D eigenvalue weighted by atomic mass is 19.1. The number of fused-ring (bicyclic) bond motifs is 2. The second kappa shape index (κ2) is 11.9. The Morgan fingerprint density at radius 1 is 1.14 bits per heavy atom. The molecule has 8 nitrogen and oxygen atoms in total. The molecule has 6 rings (SSSR count). The number of carbonyl (C=O) groups excluding carboxylic acids is 1. The van der Waals surface area contributed by atoms with E-state index in [-0.39, 0.29) is 37.2 Å². The summed E-state index contributed by atoms with van der Waals surface area (Å²) < 4.78 is 36.5. The van der Waals surface area contributed by atoms with Crippen molar-refractivity contribution in [3.05, 3.63) is 71.1 Å². The summed E-state index contributed by atoms with van der Waals surface area (Å²) in [6.07, 6.45) is 4.11. The van der Waals surface area contributed by atoms with Gasteiger partial charge in [0.1, 0.15) is 24.0 Å². The van der Waals surface area contributed by atoms with Crippen LogP contribution < -0.4 is 9.64 Å². The second-order valence-electron chi connectivity index (χ2n) is 11.9. The maximum absolute atomic E-state index is 16.6. The molecule has 0 radical (unpaired) electrons. The first kappa shape index (κ1) is 29.0. The van der Waals surface area contributed by atoms with E-state index in [0.717, 1.165) is 37.8 Å². The van der Waals surface area contributed by atoms with Gasteiger partial charge in [0, 0.05) is 36.6 Å². The lowest BCUT2D eigenvalue weighted by atomic mass is 9.91. The molecule has 0 saturated carbocycles. The minimum absolute atomic E-state index is 0.00822. The number of likely N-dealkylation sites (tertiary alicyclic amines) is 1. The van der Waals surface area contributed by atoms with Crippen LogP contribution in [0.3, 0.4) is 0 Å². The van der Waals surface area contributed by atoms with E-state index in [9.17, 15) is 9.18 Å². The Morgan fingerprint density at radius 3 is 2.72 bits per heavy atom. The fourth-order valence-electron chi connectivity index (χ4n) is 6.90. The molecule has 2 saturated heterocycles. The number of aryl methyl sites for hydroxylation is 1. The van der Waals surface area contributed by atoms with Gasteiger partial charge in [0.25, 0.3) is 5.91 Å². The van der Waals surface area contributed by atoms with Crippen molar-refractivity contribution >= 4 is 22.6 Å². The molecule has 10 heteroatoms. The van der Waals surface area contributed by atoms with Crippen LogP contribution in [0.5, 0.6) is 6.01 Å². The first-order valence-electron chi connectivity index (χ1n) is 15.0. The monoisotopic (exact) mass is 586 g/mol. The summed E-state index contributed by atoms with van der Waals surface area (Å²) >= 11 is 0. The molecule has 2 aliphatic heterocycles. The zero-order valence-electron chi connectivity index (χ0n) is 24.7. The van der Waals surface area contributed by atoms with Crippen LogP contribution in [0.2, 0.25) is 0 Å². The lowest BCUT2D eigenvalue weighted by Crippen LogP contribution is -2.56. The first-order chi connectivity index (χ1) is 20.8. The number of nitrogens with zero attached hydrogens (tertiary/aromatic N) is 6. The Hall–Kier alpha value is -4.10. The quantitative estimate of drug-likeness (QED) is 0.274. The maximum Gasteiger partial charge on any atom is 0.319 e. The van der Waals surface area contributed by atoms with Crippen LogP contribution in [-0.4, -0.2) is 84.1 Å². The summed E-state index contributed by atoms with van der Waals surface area (Å²) in [5, 5.41) is 0.517. The van der Waals surface area contributed by atoms with E-state index >= 15 is 4.39 Å². The van der Waals surface area contributed by atoms with Gasteiger partial charge in [-0.15, -0.1) is 0 Å². The number of amides is 1. The third-order valence-corrected chi connectivity index (χ3v) is 9.25. The minimum Gasteiger partial charge on any atom is -0.462 e. The van der Waals surface area contributed by atoms with E-state index in [1.165, 1.54) is 16.0 Å². The molecule has 1 aromatic heterocycles. The van der Waals surface area contributed by atoms with Gasteiger partial charge in [-0.3, -0.25) is 4.79 Å². The van der Waals surface area contributed by atoms with Gasteiger partial charge in [0.15, 0.2) is 11.6 Å². The Morgan fingerprint density at radius 2 is 1.98 bits per heavy atom. The summed E-state index contributed by atoms with van der Waals surface area (Å²) in [5.74, 6) is -1.50. The maximum atomic E-state index is 16.6. The van der Waals surface area contributed by atoms with Gasteiger partial charge < -0.3 is 24.3 Å². The number of likely N-dealkylation sites (N-methyl/N-ethyl adjacent to an activating group) is 1. The van der Waals surface area contributed by atoms with Crippen molar-refractivity contribution in [2.45, 2.75) is 50.6 Å². The lowest BCUT2D eigenvalue weighted by Gasteiger charge is -2.39. The Kier molecular flexibility index (Phi) is 8.01. The molecule has 224 valence electrons. The van der Waals surface area contributed by atoms with Gasteiger partial charge in [0.2, 0.25) is 6.54 Å². The highest BCUT2D eigenvalue weighted by Gasteiger charge is 2.35. The molecule has 0 N–H and O–H groups in total. The van der Waals surface area contributed by atoms with E-state index < -0.39 is 23.6 Å². The predicted molar refractivity (Wildman–Crippen MR) is 162 cm³/mol. The predicted octanol–water partition coefficient (Wildman–Crippen LogP) is 5.38. The fraction of sp³-hybridized carbons (Fsp3) is 0.455. The molecule has 1 unspecified atom stereocenters. The van der Waals surface area contributed by atoms with E-state index in [2.05, 4.69) is 41.3 Å². The molecule has 2 fully saturated rings. The molecule has 1 amide bonds. The van der Waals surface area contributed by atoms with Crippen molar-refractivity contribution in [1.29, 1.82) is 0 Å². The molecule has 3 heterocycles. The minimum atomic E-state index is -1.06. The topological polar surface area (TPSA) is 66.2 Å². The first-order valence-corrected chi connectivity index (χ1v) is 15.0. The summed E-state index contributed by atoms with van der Waals surface area (Å²) in [7, 11) is 2.06. The van der Waals surface area contributed by atoms with E-state index in [4.69, 9.17) is 16.3 Å². The molecular weight excluding hydrogens is 550 g/mol. The van der Waals surface area contributed by atoms with Gasteiger partial charge in [-0.2, -0.15) is 9.97 Å². The Bertz CT molecular complexity index is 1620. The molecule has 43 heavy (non-hydrogen) atoms.